The number of nitro benzene ring substituents is 1. The molecule has 0 heterocycles. The Morgan fingerprint density at radius 1 is 1.30 bits per heavy atom. The highest BCUT2D eigenvalue weighted by molar-refractivity contribution is 6.31. The Kier molecular flexibility index (Phi) is 5.91. The summed E-state index contributed by atoms with van der Waals surface area (Å²) in [4.78, 5) is 26.1. The van der Waals surface area contributed by atoms with Crippen LogP contribution in [0.25, 0.3) is 0 Å². The Labute approximate surface area is 123 Å². The minimum absolute atomic E-state index is 0.0230. The molecular formula is C13H18ClN3O3. The second-order valence-corrected chi connectivity index (χ2v) is 5.24. The van der Waals surface area contributed by atoms with Gasteiger partial charge in [0.25, 0.3) is 11.6 Å². The third-order valence-corrected chi connectivity index (χ3v) is 3.07. The molecule has 0 fully saturated rings. The minimum Gasteiger partial charge on any atom is -0.341 e. The number of hydrogen-bond donors (Lipinski definition) is 0. The summed E-state index contributed by atoms with van der Waals surface area (Å²) in [6, 6.07) is 4.00. The van der Waals surface area contributed by atoms with E-state index in [-0.39, 0.29) is 11.3 Å². The van der Waals surface area contributed by atoms with Crippen LogP contribution in [0.4, 0.5) is 5.69 Å². The van der Waals surface area contributed by atoms with Crippen molar-refractivity contribution in [3.05, 3.63) is 38.9 Å². The molecule has 0 aliphatic rings. The van der Waals surface area contributed by atoms with Gasteiger partial charge in [-0.05, 0) is 39.2 Å². The van der Waals surface area contributed by atoms with E-state index >= 15 is 0 Å². The third-order valence-electron chi connectivity index (χ3n) is 2.83. The van der Waals surface area contributed by atoms with E-state index in [4.69, 9.17) is 11.6 Å². The van der Waals surface area contributed by atoms with Gasteiger partial charge in [-0.15, -0.1) is 0 Å². The lowest BCUT2D eigenvalue weighted by atomic mass is 10.1. The highest BCUT2D eigenvalue weighted by atomic mass is 35.5. The molecule has 0 bridgehead atoms. The summed E-state index contributed by atoms with van der Waals surface area (Å²) < 4.78 is 0. The Bertz CT molecular complexity index is 506. The molecule has 6 nitrogen and oxygen atoms in total. The fraction of sp³-hybridized carbons (Fsp3) is 0.462. The van der Waals surface area contributed by atoms with E-state index < -0.39 is 10.8 Å². The first-order valence-electron chi connectivity index (χ1n) is 6.17. The number of benzene rings is 1. The molecule has 7 heteroatoms. The van der Waals surface area contributed by atoms with Crippen molar-refractivity contribution in [1.29, 1.82) is 0 Å². The first kappa shape index (κ1) is 16.4. The number of carbonyl (C=O) groups is 1. The Balaban J connectivity index is 2.85. The van der Waals surface area contributed by atoms with Crippen LogP contribution < -0.4 is 0 Å². The summed E-state index contributed by atoms with van der Waals surface area (Å²) in [5.41, 5.74) is -0.200. The van der Waals surface area contributed by atoms with E-state index in [0.717, 1.165) is 13.0 Å². The van der Waals surface area contributed by atoms with Crippen LogP contribution >= 0.6 is 11.6 Å². The Hall–Kier alpha value is -1.66. The molecule has 0 saturated heterocycles. The molecule has 0 unspecified atom stereocenters. The summed E-state index contributed by atoms with van der Waals surface area (Å²) >= 11 is 5.82. The zero-order valence-corrected chi connectivity index (χ0v) is 12.6. The van der Waals surface area contributed by atoms with Crippen LogP contribution in [0.5, 0.6) is 0 Å². The number of nitro groups is 1. The van der Waals surface area contributed by atoms with Crippen molar-refractivity contribution < 1.29 is 9.72 Å². The largest absolute Gasteiger partial charge is 0.341 e. The highest BCUT2D eigenvalue weighted by Gasteiger charge is 2.23. The van der Waals surface area contributed by atoms with Gasteiger partial charge in [0, 0.05) is 24.7 Å². The first-order chi connectivity index (χ1) is 9.32. The van der Waals surface area contributed by atoms with Crippen LogP contribution in [0.15, 0.2) is 18.2 Å². The van der Waals surface area contributed by atoms with Gasteiger partial charge in [-0.3, -0.25) is 14.9 Å². The van der Waals surface area contributed by atoms with Crippen LogP contribution in [0, 0.1) is 10.1 Å². The molecule has 0 aliphatic carbocycles. The lowest BCUT2D eigenvalue weighted by Gasteiger charge is -2.18. The molecule has 1 aromatic rings. The molecule has 0 aromatic heterocycles. The quantitative estimate of drug-likeness (QED) is 0.597. The number of nitrogens with zero attached hydrogens (tertiary/aromatic N) is 3. The average Bonchev–Trinajstić information content (AvgIpc) is 2.36. The van der Waals surface area contributed by atoms with Crippen molar-refractivity contribution in [2.75, 3.05) is 34.2 Å². The van der Waals surface area contributed by atoms with Gasteiger partial charge >= 0.3 is 0 Å². The van der Waals surface area contributed by atoms with Crippen LogP contribution in [0.3, 0.4) is 0 Å². The fourth-order valence-electron chi connectivity index (χ4n) is 1.77. The number of hydrogen-bond acceptors (Lipinski definition) is 4. The van der Waals surface area contributed by atoms with E-state index in [9.17, 15) is 14.9 Å². The highest BCUT2D eigenvalue weighted by Crippen LogP contribution is 2.23. The maximum absolute atomic E-state index is 12.2. The molecule has 0 spiro atoms. The van der Waals surface area contributed by atoms with E-state index in [2.05, 4.69) is 0 Å². The Morgan fingerprint density at radius 3 is 2.50 bits per heavy atom. The van der Waals surface area contributed by atoms with E-state index in [1.54, 1.807) is 7.05 Å². The standard InChI is InChI=1S/C13H18ClN3O3/c1-15(2)7-4-8-16(3)13(18)11-9-10(14)5-6-12(11)17(19)20/h5-6,9H,4,7-8H2,1-3H3. The monoisotopic (exact) mass is 299 g/mol. The van der Waals surface area contributed by atoms with Gasteiger partial charge in [0.1, 0.15) is 5.56 Å². The predicted octanol–water partition coefficient (Wildman–Crippen LogP) is 2.27. The zero-order valence-electron chi connectivity index (χ0n) is 11.8. The second-order valence-electron chi connectivity index (χ2n) is 4.80. The third kappa shape index (κ3) is 4.47. The van der Waals surface area contributed by atoms with Gasteiger partial charge in [0.05, 0.1) is 4.92 Å². The molecule has 1 aromatic carbocycles. The lowest BCUT2D eigenvalue weighted by molar-refractivity contribution is -0.385. The minimum atomic E-state index is -0.572. The number of carbonyl (C=O) groups excluding carboxylic acids is 1. The first-order valence-corrected chi connectivity index (χ1v) is 6.55. The van der Waals surface area contributed by atoms with Crippen molar-refractivity contribution in [3.63, 3.8) is 0 Å². The van der Waals surface area contributed by atoms with Gasteiger partial charge in [-0.1, -0.05) is 11.6 Å². The number of amides is 1. The van der Waals surface area contributed by atoms with Gasteiger partial charge in [-0.25, -0.2) is 0 Å². The van der Waals surface area contributed by atoms with Crippen molar-refractivity contribution in [2.45, 2.75) is 6.42 Å². The second kappa shape index (κ2) is 7.21. The molecule has 0 atom stereocenters. The normalized spacial score (nSPS) is 10.7. The van der Waals surface area contributed by atoms with Gasteiger partial charge < -0.3 is 9.80 Å². The summed E-state index contributed by atoms with van der Waals surface area (Å²) in [5, 5.41) is 11.3. The summed E-state index contributed by atoms with van der Waals surface area (Å²) in [5.74, 6) is -0.391. The van der Waals surface area contributed by atoms with E-state index in [0.29, 0.717) is 11.6 Å². The maximum Gasteiger partial charge on any atom is 0.282 e. The van der Waals surface area contributed by atoms with Crippen LogP contribution in [0.2, 0.25) is 5.02 Å². The van der Waals surface area contributed by atoms with Crippen LogP contribution in [-0.4, -0.2) is 54.9 Å². The van der Waals surface area contributed by atoms with Gasteiger partial charge in [-0.2, -0.15) is 0 Å². The zero-order chi connectivity index (χ0) is 15.3. The molecule has 20 heavy (non-hydrogen) atoms. The number of halogens is 1. The maximum atomic E-state index is 12.2. The van der Waals surface area contributed by atoms with E-state index in [1.807, 2.05) is 19.0 Å². The summed E-state index contributed by atoms with van der Waals surface area (Å²) in [6.07, 6.45) is 0.795. The predicted molar refractivity (Wildman–Crippen MR) is 78.2 cm³/mol. The molecule has 0 saturated carbocycles. The molecule has 1 rings (SSSR count). The SMILES string of the molecule is CN(C)CCCN(C)C(=O)c1cc(Cl)ccc1[N+](=O)[O-]. The summed E-state index contributed by atoms with van der Waals surface area (Å²) in [7, 11) is 5.52. The fourth-order valence-corrected chi connectivity index (χ4v) is 1.94. The molecule has 0 aliphatic heterocycles. The van der Waals surface area contributed by atoms with Gasteiger partial charge in [0.2, 0.25) is 0 Å². The summed E-state index contributed by atoms with van der Waals surface area (Å²) in [6.45, 7) is 1.37. The lowest BCUT2D eigenvalue weighted by Crippen LogP contribution is -2.30. The van der Waals surface area contributed by atoms with Crippen molar-refractivity contribution in [1.82, 2.24) is 9.80 Å². The molecular weight excluding hydrogens is 282 g/mol. The smallest absolute Gasteiger partial charge is 0.282 e. The Morgan fingerprint density at radius 2 is 1.95 bits per heavy atom. The molecule has 110 valence electrons. The van der Waals surface area contributed by atoms with Crippen molar-refractivity contribution in [2.24, 2.45) is 0 Å². The van der Waals surface area contributed by atoms with Crippen molar-refractivity contribution >= 4 is 23.2 Å². The van der Waals surface area contributed by atoms with Crippen molar-refractivity contribution in [3.8, 4) is 0 Å². The molecule has 1 amide bonds. The average molecular weight is 300 g/mol. The molecule has 0 N–H and O–H groups in total. The van der Waals surface area contributed by atoms with Gasteiger partial charge in [0.15, 0.2) is 0 Å². The van der Waals surface area contributed by atoms with E-state index in [1.165, 1.54) is 23.1 Å². The topological polar surface area (TPSA) is 66.7 Å². The van der Waals surface area contributed by atoms with Crippen LogP contribution in [0.1, 0.15) is 16.8 Å². The van der Waals surface area contributed by atoms with Crippen LogP contribution in [-0.2, 0) is 0 Å². The number of rotatable bonds is 6. The molecule has 0 radical (unpaired) electrons.